The van der Waals surface area contributed by atoms with Crippen molar-refractivity contribution in [3.8, 4) is 0 Å². The molecule has 3 aromatic rings. The highest BCUT2D eigenvalue weighted by Crippen LogP contribution is 2.16. The number of halogens is 1. The van der Waals surface area contributed by atoms with Gasteiger partial charge < -0.3 is 10.1 Å². The molecule has 0 radical (unpaired) electrons. The molecule has 2 N–H and O–H groups in total. The van der Waals surface area contributed by atoms with Crippen LogP contribution in [0.25, 0.3) is 10.9 Å². The number of aromatic nitrogens is 2. The number of nitrogens with one attached hydrogen (secondary N) is 2. The smallest absolute Gasteiger partial charge is 0.359 e. The number of hydrogen-bond donors (Lipinski definition) is 2. The first kappa shape index (κ1) is 16.6. The van der Waals surface area contributed by atoms with E-state index in [0.717, 1.165) is 5.56 Å². The topological polar surface area (TPSA) is 84.1 Å². The van der Waals surface area contributed by atoms with Crippen molar-refractivity contribution in [1.29, 1.82) is 0 Å². The first-order valence-electron chi connectivity index (χ1n) is 7.69. The molecule has 3 rings (SSSR count). The molecule has 0 spiro atoms. The molecule has 0 aliphatic rings. The van der Waals surface area contributed by atoms with Crippen LogP contribution in [0.1, 0.15) is 29.0 Å². The molecule has 1 aromatic heterocycles. The molecule has 1 unspecified atom stereocenters. The maximum absolute atomic E-state index is 12.9. The van der Waals surface area contributed by atoms with Gasteiger partial charge in [0.1, 0.15) is 5.82 Å². The number of amides is 1. The zero-order valence-corrected chi connectivity index (χ0v) is 13.5. The molecule has 1 heterocycles. The maximum atomic E-state index is 12.9. The van der Waals surface area contributed by atoms with Crippen molar-refractivity contribution in [2.45, 2.75) is 13.0 Å². The second-order valence-corrected chi connectivity index (χ2v) is 5.53. The lowest BCUT2D eigenvalue weighted by molar-refractivity contribution is -0.124. The van der Waals surface area contributed by atoms with Crippen LogP contribution in [-0.2, 0) is 9.53 Å². The molecule has 1 amide bonds. The summed E-state index contributed by atoms with van der Waals surface area (Å²) in [5, 5.41) is 9.97. The Hall–Kier alpha value is -3.22. The normalized spacial score (nSPS) is 11.9. The Labute approximate surface area is 143 Å². The number of nitrogens with zero attached hydrogens (tertiary/aromatic N) is 1. The number of aromatic amines is 1. The molecule has 7 heteroatoms. The molecular weight excluding hydrogens is 325 g/mol. The van der Waals surface area contributed by atoms with Gasteiger partial charge in [0, 0.05) is 5.39 Å². The molecule has 0 fully saturated rings. The molecule has 6 nitrogen and oxygen atoms in total. The van der Waals surface area contributed by atoms with Crippen LogP contribution < -0.4 is 5.32 Å². The summed E-state index contributed by atoms with van der Waals surface area (Å²) in [6.45, 7) is 1.33. The fourth-order valence-corrected chi connectivity index (χ4v) is 2.44. The van der Waals surface area contributed by atoms with Crippen molar-refractivity contribution in [1.82, 2.24) is 15.5 Å². The standard InChI is InChI=1S/C18H16FN3O3/c1-11(12-6-8-13(19)9-7-12)20-16(23)10-25-18(24)17-14-4-2-3-5-15(14)21-22-17/h2-9,11H,10H2,1H3,(H,20,23)(H,21,22). The maximum Gasteiger partial charge on any atom is 0.359 e. The number of para-hydroxylation sites is 1. The van der Waals surface area contributed by atoms with Crippen LogP contribution in [-0.4, -0.2) is 28.7 Å². The SMILES string of the molecule is CC(NC(=O)COC(=O)c1n[nH]c2ccccc12)c1ccc(F)cc1. The van der Waals surface area contributed by atoms with Gasteiger partial charge >= 0.3 is 5.97 Å². The predicted octanol–water partition coefficient (Wildman–Crippen LogP) is 2.74. The Morgan fingerprint density at radius 3 is 2.68 bits per heavy atom. The molecular formula is C18H16FN3O3. The van der Waals surface area contributed by atoms with E-state index in [1.807, 2.05) is 6.07 Å². The fraction of sp³-hybridized carbons (Fsp3) is 0.167. The second-order valence-electron chi connectivity index (χ2n) is 5.53. The van der Waals surface area contributed by atoms with Crippen molar-refractivity contribution in [2.24, 2.45) is 0 Å². The Balaban J connectivity index is 1.56. The van der Waals surface area contributed by atoms with Crippen molar-refractivity contribution < 1.29 is 18.7 Å². The quantitative estimate of drug-likeness (QED) is 0.699. The third kappa shape index (κ3) is 3.82. The Morgan fingerprint density at radius 1 is 1.20 bits per heavy atom. The van der Waals surface area contributed by atoms with Gasteiger partial charge in [-0.25, -0.2) is 9.18 Å². The van der Waals surface area contributed by atoms with Gasteiger partial charge in [-0.05, 0) is 30.7 Å². The van der Waals surface area contributed by atoms with E-state index in [1.165, 1.54) is 12.1 Å². The van der Waals surface area contributed by atoms with Gasteiger partial charge in [-0.1, -0.05) is 30.3 Å². The van der Waals surface area contributed by atoms with Crippen LogP contribution in [0.2, 0.25) is 0 Å². The summed E-state index contributed by atoms with van der Waals surface area (Å²) in [6, 6.07) is 12.6. The van der Waals surface area contributed by atoms with Crippen molar-refractivity contribution in [2.75, 3.05) is 6.61 Å². The van der Waals surface area contributed by atoms with E-state index in [4.69, 9.17) is 4.74 Å². The van der Waals surface area contributed by atoms with Gasteiger partial charge in [-0.15, -0.1) is 0 Å². The van der Waals surface area contributed by atoms with Crippen LogP contribution in [0, 0.1) is 5.82 Å². The van der Waals surface area contributed by atoms with Crippen molar-refractivity contribution in [3.05, 3.63) is 65.6 Å². The van der Waals surface area contributed by atoms with Gasteiger partial charge in [-0.2, -0.15) is 5.10 Å². The number of carbonyl (C=O) groups is 2. The van der Waals surface area contributed by atoms with Crippen LogP contribution in [0.15, 0.2) is 48.5 Å². The van der Waals surface area contributed by atoms with Gasteiger partial charge in [0.15, 0.2) is 12.3 Å². The van der Waals surface area contributed by atoms with Crippen LogP contribution in [0.5, 0.6) is 0 Å². The summed E-state index contributed by atoms with van der Waals surface area (Å²) in [6.07, 6.45) is 0. The first-order chi connectivity index (χ1) is 12.0. The molecule has 2 aromatic carbocycles. The van der Waals surface area contributed by atoms with E-state index < -0.39 is 18.5 Å². The zero-order chi connectivity index (χ0) is 17.8. The van der Waals surface area contributed by atoms with E-state index in [2.05, 4.69) is 15.5 Å². The lowest BCUT2D eigenvalue weighted by Gasteiger charge is -2.14. The number of benzene rings is 2. The summed E-state index contributed by atoms with van der Waals surface area (Å²) in [5.74, 6) is -1.48. The van der Waals surface area contributed by atoms with E-state index in [-0.39, 0.29) is 17.6 Å². The molecule has 25 heavy (non-hydrogen) atoms. The number of ether oxygens (including phenoxy) is 1. The van der Waals surface area contributed by atoms with Gasteiger partial charge in [0.25, 0.3) is 5.91 Å². The van der Waals surface area contributed by atoms with Crippen molar-refractivity contribution >= 4 is 22.8 Å². The minimum Gasteiger partial charge on any atom is -0.451 e. The van der Waals surface area contributed by atoms with E-state index >= 15 is 0 Å². The van der Waals surface area contributed by atoms with Gasteiger partial charge in [-0.3, -0.25) is 9.89 Å². The minimum absolute atomic E-state index is 0.134. The first-order valence-corrected chi connectivity index (χ1v) is 7.69. The monoisotopic (exact) mass is 341 g/mol. The largest absolute Gasteiger partial charge is 0.451 e. The summed E-state index contributed by atoms with van der Waals surface area (Å²) >= 11 is 0. The second kappa shape index (κ2) is 7.12. The molecule has 128 valence electrons. The zero-order valence-electron chi connectivity index (χ0n) is 13.5. The van der Waals surface area contributed by atoms with E-state index in [0.29, 0.717) is 10.9 Å². The fourth-order valence-electron chi connectivity index (χ4n) is 2.44. The summed E-state index contributed by atoms with van der Waals surface area (Å²) in [7, 11) is 0. The highest BCUT2D eigenvalue weighted by Gasteiger charge is 2.17. The third-order valence-corrected chi connectivity index (χ3v) is 3.75. The Bertz CT molecular complexity index is 905. The molecule has 0 aliphatic carbocycles. The highest BCUT2D eigenvalue weighted by molar-refractivity contribution is 6.02. The number of esters is 1. The summed E-state index contributed by atoms with van der Waals surface area (Å²) < 4.78 is 17.9. The average molecular weight is 341 g/mol. The molecule has 0 bridgehead atoms. The average Bonchev–Trinajstić information content (AvgIpc) is 3.04. The Kier molecular flexibility index (Phi) is 4.74. The summed E-state index contributed by atoms with van der Waals surface area (Å²) in [4.78, 5) is 24.0. The highest BCUT2D eigenvalue weighted by atomic mass is 19.1. The van der Waals surface area contributed by atoms with Crippen LogP contribution in [0.4, 0.5) is 4.39 Å². The lowest BCUT2D eigenvalue weighted by Crippen LogP contribution is -2.31. The van der Waals surface area contributed by atoms with Gasteiger partial charge in [0.05, 0.1) is 11.6 Å². The predicted molar refractivity (Wildman–Crippen MR) is 89.3 cm³/mol. The molecule has 0 saturated heterocycles. The molecule has 0 aliphatic heterocycles. The Morgan fingerprint density at radius 2 is 1.92 bits per heavy atom. The van der Waals surface area contributed by atoms with E-state index in [1.54, 1.807) is 37.3 Å². The lowest BCUT2D eigenvalue weighted by atomic mass is 10.1. The molecule has 1 atom stereocenters. The molecule has 0 saturated carbocycles. The number of hydrogen-bond acceptors (Lipinski definition) is 4. The number of carbonyl (C=O) groups excluding carboxylic acids is 2. The van der Waals surface area contributed by atoms with E-state index in [9.17, 15) is 14.0 Å². The summed E-state index contributed by atoms with van der Waals surface area (Å²) in [5.41, 5.74) is 1.60. The number of fused-ring (bicyclic) bond motifs is 1. The van der Waals surface area contributed by atoms with Crippen LogP contribution >= 0.6 is 0 Å². The minimum atomic E-state index is -0.679. The van der Waals surface area contributed by atoms with Crippen molar-refractivity contribution in [3.63, 3.8) is 0 Å². The van der Waals surface area contributed by atoms with Crippen LogP contribution in [0.3, 0.4) is 0 Å². The third-order valence-electron chi connectivity index (χ3n) is 3.75. The number of rotatable bonds is 5. The number of H-pyrrole nitrogens is 1. The van der Waals surface area contributed by atoms with Gasteiger partial charge in [0.2, 0.25) is 0 Å².